The Morgan fingerprint density at radius 3 is 2.77 bits per heavy atom. The van der Waals surface area contributed by atoms with Crippen LogP contribution in [-0.4, -0.2) is 52.2 Å². The van der Waals surface area contributed by atoms with Crippen LogP contribution in [0.25, 0.3) is 0 Å². The first-order chi connectivity index (χ1) is 14.1. The van der Waals surface area contributed by atoms with E-state index in [0.717, 1.165) is 42.5 Å². The minimum Gasteiger partial charge on any atom is -0.495 e. The van der Waals surface area contributed by atoms with Crippen LogP contribution in [0.5, 0.6) is 5.75 Å². The van der Waals surface area contributed by atoms with E-state index in [1.54, 1.807) is 27.3 Å². The third-order valence-electron chi connectivity index (χ3n) is 5.05. The zero-order chi connectivity index (χ0) is 20.6. The normalized spacial score (nSPS) is 15.9. The molecule has 0 saturated carbocycles. The summed E-state index contributed by atoms with van der Waals surface area (Å²) in [7, 11) is 5.10. The van der Waals surface area contributed by atoms with Gasteiger partial charge in [0.1, 0.15) is 5.75 Å². The smallest absolute Gasteiger partial charge is 0.251 e. The summed E-state index contributed by atoms with van der Waals surface area (Å²) in [6, 6.07) is 16.0. The number of nitrogens with one attached hydrogen (secondary N) is 3. The fraction of sp³-hybridized carbons (Fsp3) is 0.364. The van der Waals surface area contributed by atoms with Crippen LogP contribution >= 0.6 is 24.0 Å². The monoisotopic (exact) mass is 523 g/mol. The molecule has 0 bridgehead atoms. The van der Waals surface area contributed by atoms with Gasteiger partial charge in [-0.2, -0.15) is 0 Å². The molecule has 3 rings (SSSR count). The maximum atomic E-state index is 11.8. The van der Waals surface area contributed by atoms with E-state index in [9.17, 15) is 4.79 Å². The van der Waals surface area contributed by atoms with Gasteiger partial charge < -0.3 is 25.6 Å². The van der Waals surface area contributed by atoms with Gasteiger partial charge in [-0.15, -0.1) is 24.0 Å². The molecule has 7 nitrogen and oxygen atoms in total. The number of guanidine groups is 1. The number of para-hydroxylation sites is 2. The van der Waals surface area contributed by atoms with Gasteiger partial charge in [0.05, 0.1) is 12.8 Å². The number of amides is 1. The van der Waals surface area contributed by atoms with Crippen LogP contribution in [0.15, 0.2) is 53.5 Å². The van der Waals surface area contributed by atoms with Crippen molar-refractivity contribution in [1.29, 1.82) is 0 Å². The standard InChI is InChI=1S/C22H29N5O2.HI/c1-23-21(28)17-8-6-7-16(13-17)14-25-22(24-2)26-18-11-12-27(15-18)19-9-4-5-10-20(19)29-3;/h4-10,13,18H,11-12,14-15H2,1-3H3,(H,23,28)(H2,24,25,26);1H. The molecule has 1 heterocycles. The van der Waals surface area contributed by atoms with Crippen molar-refractivity contribution >= 4 is 41.5 Å². The highest BCUT2D eigenvalue weighted by Crippen LogP contribution is 2.30. The van der Waals surface area contributed by atoms with Gasteiger partial charge in [0.15, 0.2) is 5.96 Å². The molecule has 1 amide bonds. The molecular formula is C22H30IN5O2. The molecule has 2 aromatic carbocycles. The lowest BCUT2D eigenvalue weighted by Crippen LogP contribution is -2.44. The van der Waals surface area contributed by atoms with Gasteiger partial charge in [0.25, 0.3) is 5.91 Å². The maximum Gasteiger partial charge on any atom is 0.251 e. The predicted molar refractivity (Wildman–Crippen MR) is 132 cm³/mol. The van der Waals surface area contributed by atoms with Gasteiger partial charge in [-0.25, -0.2) is 0 Å². The largest absolute Gasteiger partial charge is 0.495 e. The van der Waals surface area contributed by atoms with Gasteiger partial charge in [0.2, 0.25) is 0 Å². The molecule has 1 aliphatic heterocycles. The second kappa shape index (κ2) is 11.6. The quantitative estimate of drug-likeness (QED) is 0.309. The van der Waals surface area contributed by atoms with Crippen LogP contribution in [0.3, 0.4) is 0 Å². The number of anilines is 1. The number of carbonyl (C=O) groups is 1. The number of aliphatic imine (C=N–C) groups is 1. The van der Waals surface area contributed by atoms with Crippen molar-refractivity contribution in [3.8, 4) is 5.75 Å². The summed E-state index contributed by atoms with van der Waals surface area (Å²) >= 11 is 0. The van der Waals surface area contributed by atoms with E-state index in [1.165, 1.54) is 0 Å². The fourth-order valence-corrected chi connectivity index (χ4v) is 3.53. The zero-order valence-corrected chi connectivity index (χ0v) is 20.0. The lowest BCUT2D eigenvalue weighted by atomic mass is 10.1. The molecule has 2 aromatic rings. The molecule has 0 aliphatic carbocycles. The summed E-state index contributed by atoms with van der Waals surface area (Å²) in [4.78, 5) is 18.5. The maximum absolute atomic E-state index is 11.8. The predicted octanol–water partition coefficient (Wildman–Crippen LogP) is 2.62. The number of benzene rings is 2. The Hall–Kier alpha value is -2.49. The number of nitrogens with zero attached hydrogens (tertiary/aromatic N) is 2. The number of methoxy groups -OCH3 is 1. The number of ether oxygens (including phenoxy) is 1. The van der Waals surface area contributed by atoms with Crippen molar-refractivity contribution < 1.29 is 9.53 Å². The van der Waals surface area contributed by atoms with Crippen molar-refractivity contribution in [1.82, 2.24) is 16.0 Å². The highest BCUT2D eigenvalue weighted by Gasteiger charge is 2.25. The van der Waals surface area contributed by atoms with E-state index in [2.05, 4.69) is 31.9 Å². The topological polar surface area (TPSA) is 78.0 Å². The minimum atomic E-state index is -0.0863. The molecule has 0 spiro atoms. The number of halogens is 1. The van der Waals surface area contributed by atoms with Crippen molar-refractivity contribution in [3.63, 3.8) is 0 Å². The number of rotatable bonds is 6. The Morgan fingerprint density at radius 1 is 1.23 bits per heavy atom. The summed E-state index contributed by atoms with van der Waals surface area (Å²) in [6.07, 6.45) is 1.02. The molecule has 1 saturated heterocycles. The van der Waals surface area contributed by atoms with Crippen LogP contribution in [0.2, 0.25) is 0 Å². The molecule has 3 N–H and O–H groups in total. The third-order valence-corrected chi connectivity index (χ3v) is 5.05. The highest BCUT2D eigenvalue weighted by molar-refractivity contribution is 14.0. The lowest BCUT2D eigenvalue weighted by Gasteiger charge is -2.22. The molecule has 162 valence electrons. The molecule has 0 aromatic heterocycles. The van der Waals surface area contributed by atoms with Gasteiger partial charge >= 0.3 is 0 Å². The minimum absolute atomic E-state index is 0. The van der Waals surface area contributed by atoms with Gasteiger partial charge in [-0.3, -0.25) is 9.79 Å². The zero-order valence-electron chi connectivity index (χ0n) is 17.6. The number of hydrogen-bond donors (Lipinski definition) is 3. The van der Waals surface area contributed by atoms with Crippen molar-refractivity contribution in [2.24, 2.45) is 4.99 Å². The van der Waals surface area contributed by atoms with Crippen LogP contribution in [0, 0.1) is 0 Å². The molecule has 1 unspecified atom stereocenters. The highest BCUT2D eigenvalue weighted by atomic mass is 127. The molecule has 1 atom stereocenters. The summed E-state index contributed by atoms with van der Waals surface area (Å²) in [5, 5.41) is 9.49. The first kappa shape index (κ1) is 23.8. The van der Waals surface area contributed by atoms with E-state index in [-0.39, 0.29) is 29.9 Å². The summed E-state index contributed by atoms with van der Waals surface area (Å²) in [6.45, 7) is 2.43. The molecular weight excluding hydrogens is 493 g/mol. The fourth-order valence-electron chi connectivity index (χ4n) is 3.53. The van der Waals surface area contributed by atoms with Crippen LogP contribution in [-0.2, 0) is 6.54 Å². The van der Waals surface area contributed by atoms with Crippen molar-refractivity contribution in [2.75, 3.05) is 39.2 Å². The van der Waals surface area contributed by atoms with E-state index in [4.69, 9.17) is 4.74 Å². The first-order valence-corrected chi connectivity index (χ1v) is 9.80. The number of hydrogen-bond acceptors (Lipinski definition) is 4. The van der Waals surface area contributed by atoms with Crippen molar-refractivity contribution in [3.05, 3.63) is 59.7 Å². The van der Waals surface area contributed by atoms with E-state index in [1.807, 2.05) is 36.4 Å². The van der Waals surface area contributed by atoms with Crippen LogP contribution < -0.4 is 25.6 Å². The summed E-state index contributed by atoms with van der Waals surface area (Å²) in [5.41, 5.74) is 2.79. The van der Waals surface area contributed by atoms with Gasteiger partial charge in [-0.1, -0.05) is 24.3 Å². The summed E-state index contributed by atoms with van der Waals surface area (Å²) < 4.78 is 5.49. The Morgan fingerprint density at radius 2 is 2.03 bits per heavy atom. The number of carbonyl (C=O) groups excluding carboxylic acids is 1. The van der Waals surface area contributed by atoms with Crippen LogP contribution in [0.1, 0.15) is 22.3 Å². The summed E-state index contributed by atoms with van der Waals surface area (Å²) in [5.74, 6) is 1.56. The third kappa shape index (κ3) is 6.01. The average molecular weight is 523 g/mol. The first-order valence-electron chi connectivity index (χ1n) is 9.80. The van der Waals surface area contributed by atoms with Gasteiger partial charge in [-0.05, 0) is 36.2 Å². The Bertz CT molecular complexity index is 874. The average Bonchev–Trinajstić information content (AvgIpc) is 3.24. The Labute approximate surface area is 195 Å². The SMILES string of the molecule is CN=C(NCc1cccc(C(=O)NC)c1)NC1CCN(c2ccccc2OC)C1.I. The Kier molecular flexibility index (Phi) is 9.22. The van der Waals surface area contributed by atoms with E-state index in [0.29, 0.717) is 18.2 Å². The van der Waals surface area contributed by atoms with Crippen LogP contribution in [0.4, 0.5) is 5.69 Å². The van der Waals surface area contributed by atoms with E-state index < -0.39 is 0 Å². The molecule has 8 heteroatoms. The molecule has 30 heavy (non-hydrogen) atoms. The lowest BCUT2D eigenvalue weighted by molar-refractivity contribution is 0.0963. The molecule has 1 fully saturated rings. The van der Waals surface area contributed by atoms with Gasteiger partial charge in [0, 0.05) is 45.3 Å². The Balaban J connectivity index is 0.00000320. The van der Waals surface area contributed by atoms with Crippen molar-refractivity contribution in [2.45, 2.75) is 19.0 Å². The second-order valence-corrected chi connectivity index (χ2v) is 6.95. The second-order valence-electron chi connectivity index (χ2n) is 6.95. The molecule has 1 aliphatic rings. The van der Waals surface area contributed by atoms with E-state index >= 15 is 0 Å². The molecule has 0 radical (unpaired) electrons.